The molecule has 4 rings (SSSR count). The predicted octanol–water partition coefficient (Wildman–Crippen LogP) is 5.14. The second-order valence-corrected chi connectivity index (χ2v) is 12.7. The van der Waals surface area contributed by atoms with E-state index in [2.05, 4.69) is 0 Å². The molecular formula is C26H28ClN3O6S2. The lowest BCUT2D eigenvalue weighted by Gasteiger charge is -2.37. The molecule has 0 fully saturated rings. The van der Waals surface area contributed by atoms with Gasteiger partial charge in [0.1, 0.15) is 10.8 Å². The highest BCUT2D eigenvalue weighted by atomic mass is 35.5. The largest absolute Gasteiger partial charge is 0.497 e. The number of fused-ring (bicyclic) bond motifs is 1. The molecule has 1 amide bonds. The summed E-state index contributed by atoms with van der Waals surface area (Å²) in [6.07, 6.45) is 0.672. The molecule has 9 nitrogen and oxygen atoms in total. The first-order valence-corrected chi connectivity index (χ1v) is 14.7. The second-order valence-electron chi connectivity index (χ2n) is 9.37. The zero-order valence-electron chi connectivity index (χ0n) is 21.2. The van der Waals surface area contributed by atoms with Crippen molar-refractivity contribution in [3.63, 3.8) is 0 Å². The van der Waals surface area contributed by atoms with Gasteiger partial charge in [-0.25, -0.2) is 8.42 Å². The van der Waals surface area contributed by atoms with Crippen molar-refractivity contribution in [1.82, 2.24) is 9.21 Å². The zero-order chi connectivity index (χ0) is 27.6. The fourth-order valence-corrected chi connectivity index (χ4v) is 7.23. The van der Waals surface area contributed by atoms with Crippen molar-refractivity contribution in [1.29, 1.82) is 0 Å². The lowest BCUT2D eigenvalue weighted by Crippen LogP contribution is -2.47. The zero-order valence-corrected chi connectivity index (χ0v) is 23.6. The molecule has 2 aromatic carbocycles. The maximum atomic E-state index is 13.8. The monoisotopic (exact) mass is 577 g/mol. The van der Waals surface area contributed by atoms with Gasteiger partial charge in [0.15, 0.2) is 0 Å². The quantitative estimate of drug-likeness (QED) is 0.257. The number of halogens is 1. The summed E-state index contributed by atoms with van der Waals surface area (Å²) in [6.45, 7) is 3.79. The Morgan fingerprint density at radius 2 is 1.95 bits per heavy atom. The summed E-state index contributed by atoms with van der Waals surface area (Å²) >= 11 is 7.54. The summed E-state index contributed by atoms with van der Waals surface area (Å²) in [5, 5.41) is 13.2. The number of methoxy groups -OCH3 is 1. The summed E-state index contributed by atoms with van der Waals surface area (Å²) in [7, 11) is -2.65. The number of rotatable bonds is 9. The van der Waals surface area contributed by atoms with Gasteiger partial charge in [-0.05, 0) is 59.2 Å². The molecule has 0 spiro atoms. The Hall–Kier alpha value is -2.99. The van der Waals surface area contributed by atoms with E-state index in [-0.39, 0.29) is 34.3 Å². The molecule has 38 heavy (non-hydrogen) atoms. The van der Waals surface area contributed by atoms with Crippen LogP contribution in [-0.2, 0) is 21.2 Å². The molecular weight excluding hydrogens is 550 g/mol. The molecule has 3 aromatic rings. The molecule has 1 aliphatic heterocycles. The molecule has 2 heterocycles. The van der Waals surface area contributed by atoms with Crippen molar-refractivity contribution in [3.8, 4) is 5.75 Å². The third-order valence-corrected chi connectivity index (χ3v) is 9.47. The third-order valence-electron chi connectivity index (χ3n) is 6.35. The fourth-order valence-electron chi connectivity index (χ4n) is 4.57. The lowest BCUT2D eigenvalue weighted by molar-refractivity contribution is -0.384. The minimum absolute atomic E-state index is 0.0647. The molecule has 202 valence electrons. The van der Waals surface area contributed by atoms with Crippen LogP contribution in [0.1, 0.15) is 35.9 Å². The Morgan fingerprint density at radius 3 is 2.58 bits per heavy atom. The molecule has 0 N–H and O–H groups in total. The lowest BCUT2D eigenvalue weighted by atomic mass is 9.93. The Morgan fingerprint density at radius 1 is 1.24 bits per heavy atom. The van der Waals surface area contributed by atoms with Crippen LogP contribution >= 0.6 is 22.9 Å². The van der Waals surface area contributed by atoms with E-state index >= 15 is 0 Å². The van der Waals surface area contributed by atoms with Gasteiger partial charge < -0.3 is 9.64 Å². The van der Waals surface area contributed by atoms with E-state index in [1.165, 1.54) is 17.0 Å². The highest BCUT2D eigenvalue weighted by Crippen LogP contribution is 2.38. The number of benzene rings is 2. The standard InChI is InChI=1S/C26H28ClN3O6S2/c1-17(2)15-28(38(34,35)20-8-9-22(27)23(14-20)30(32)33)16-25(31)29-12-10-24-21(11-13-37-24)26(29)18-4-6-19(36-3)7-5-18/h4-9,11,13-14,17,26H,10,12,15-16H2,1-3H3. The molecule has 0 bridgehead atoms. The van der Waals surface area contributed by atoms with Crippen molar-refractivity contribution in [2.45, 2.75) is 31.2 Å². The van der Waals surface area contributed by atoms with Gasteiger partial charge in [0.05, 0.1) is 29.5 Å². The van der Waals surface area contributed by atoms with Crippen molar-refractivity contribution < 1.29 is 22.9 Å². The van der Waals surface area contributed by atoms with Crippen LogP contribution in [0.2, 0.25) is 5.02 Å². The number of nitrogens with zero attached hydrogens (tertiary/aromatic N) is 3. The minimum Gasteiger partial charge on any atom is -0.497 e. The van der Waals surface area contributed by atoms with Gasteiger partial charge in [-0.3, -0.25) is 14.9 Å². The topological polar surface area (TPSA) is 110 Å². The molecule has 1 aliphatic rings. The first-order valence-electron chi connectivity index (χ1n) is 12.0. The highest BCUT2D eigenvalue weighted by Gasteiger charge is 2.36. The number of ether oxygens (including phenoxy) is 1. The van der Waals surface area contributed by atoms with Crippen LogP contribution in [0.15, 0.2) is 58.8 Å². The van der Waals surface area contributed by atoms with E-state index in [0.717, 1.165) is 21.5 Å². The first kappa shape index (κ1) is 28.0. The average Bonchev–Trinajstić information content (AvgIpc) is 3.36. The van der Waals surface area contributed by atoms with Gasteiger partial charge >= 0.3 is 0 Å². The maximum Gasteiger partial charge on any atom is 0.289 e. The van der Waals surface area contributed by atoms with E-state index in [1.807, 2.05) is 49.6 Å². The number of nitro benzene ring substituents is 1. The van der Waals surface area contributed by atoms with Crippen molar-refractivity contribution in [2.75, 3.05) is 26.7 Å². The number of nitro groups is 1. The number of carbonyl (C=O) groups excluding carboxylic acids is 1. The van der Waals surface area contributed by atoms with Crippen LogP contribution in [-0.4, -0.2) is 55.2 Å². The molecule has 0 aliphatic carbocycles. The molecule has 0 saturated carbocycles. The molecule has 1 atom stereocenters. The number of amides is 1. The summed E-state index contributed by atoms with van der Waals surface area (Å²) in [4.78, 5) is 27.1. The molecule has 0 radical (unpaired) electrons. The SMILES string of the molecule is COc1ccc(C2c3ccsc3CCN2C(=O)CN(CC(C)C)S(=O)(=O)c2ccc(Cl)c([N+](=O)[O-])c2)cc1. The minimum atomic E-state index is -4.24. The smallest absolute Gasteiger partial charge is 0.289 e. The van der Waals surface area contributed by atoms with Crippen LogP contribution in [0.3, 0.4) is 0 Å². The van der Waals surface area contributed by atoms with E-state index in [0.29, 0.717) is 18.7 Å². The summed E-state index contributed by atoms with van der Waals surface area (Å²) < 4.78 is 33.6. The molecule has 12 heteroatoms. The van der Waals surface area contributed by atoms with Gasteiger partial charge in [0.2, 0.25) is 15.9 Å². The van der Waals surface area contributed by atoms with Gasteiger partial charge in [-0.15, -0.1) is 11.3 Å². The normalized spacial score (nSPS) is 15.5. The second kappa shape index (κ2) is 11.4. The van der Waals surface area contributed by atoms with Crippen LogP contribution in [0.5, 0.6) is 5.75 Å². The van der Waals surface area contributed by atoms with Gasteiger partial charge in [0, 0.05) is 24.0 Å². The average molecular weight is 578 g/mol. The predicted molar refractivity (Wildman–Crippen MR) is 146 cm³/mol. The Bertz CT molecular complexity index is 1440. The van der Waals surface area contributed by atoms with Gasteiger partial charge in [-0.2, -0.15) is 4.31 Å². The third kappa shape index (κ3) is 5.70. The van der Waals surface area contributed by atoms with E-state index in [9.17, 15) is 23.3 Å². The van der Waals surface area contributed by atoms with Crippen LogP contribution < -0.4 is 4.74 Å². The number of carbonyl (C=O) groups is 1. The Balaban J connectivity index is 1.68. The molecule has 1 aromatic heterocycles. The van der Waals surface area contributed by atoms with Crippen molar-refractivity contribution in [2.24, 2.45) is 5.92 Å². The van der Waals surface area contributed by atoms with E-state index < -0.39 is 27.2 Å². The molecule has 1 unspecified atom stereocenters. The van der Waals surface area contributed by atoms with Gasteiger partial charge in [-0.1, -0.05) is 37.6 Å². The van der Waals surface area contributed by atoms with Crippen LogP contribution in [0.25, 0.3) is 0 Å². The van der Waals surface area contributed by atoms with Gasteiger partial charge in [0.25, 0.3) is 5.69 Å². The fraction of sp³-hybridized carbons (Fsp3) is 0.346. The first-order chi connectivity index (χ1) is 18.0. The van der Waals surface area contributed by atoms with E-state index in [4.69, 9.17) is 16.3 Å². The number of hydrogen-bond donors (Lipinski definition) is 0. The van der Waals surface area contributed by atoms with E-state index in [1.54, 1.807) is 23.3 Å². The number of hydrogen-bond acceptors (Lipinski definition) is 7. The van der Waals surface area contributed by atoms with Crippen molar-refractivity contribution >= 4 is 44.6 Å². The Kier molecular flexibility index (Phi) is 8.41. The summed E-state index contributed by atoms with van der Waals surface area (Å²) in [6, 6.07) is 12.5. The summed E-state index contributed by atoms with van der Waals surface area (Å²) in [5.74, 6) is 0.247. The van der Waals surface area contributed by atoms with Crippen molar-refractivity contribution in [3.05, 3.63) is 85.1 Å². The Labute approximate surface area is 230 Å². The number of sulfonamides is 1. The maximum absolute atomic E-state index is 13.8. The van der Waals surface area contributed by atoms with Crippen LogP contribution in [0, 0.1) is 16.0 Å². The number of thiophene rings is 1. The highest BCUT2D eigenvalue weighted by molar-refractivity contribution is 7.89. The molecule has 0 saturated heterocycles. The van der Waals surface area contributed by atoms with Crippen LogP contribution in [0.4, 0.5) is 5.69 Å². The summed E-state index contributed by atoms with van der Waals surface area (Å²) in [5.41, 5.74) is 1.40.